The third-order valence-electron chi connectivity index (χ3n) is 3.01. The number of methoxy groups -OCH3 is 1. The first-order valence-corrected chi connectivity index (χ1v) is 5.20. The standard InChI is InChI=1S/C10H19NO4/c1-15-6-2-4-11-5-3-10(7-11,8-12)9(13)14/h12H,2-8H2,1H3,(H,13,14). The Bertz CT molecular complexity index is 221. The monoisotopic (exact) mass is 217 g/mol. The molecule has 0 aromatic carbocycles. The maximum Gasteiger partial charge on any atom is 0.313 e. The van der Waals surface area contributed by atoms with Crippen LogP contribution >= 0.6 is 0 Å². The molecule has 0 bridgehead atoms. The van der Waals surface area contributed by atoms with Crippen LogP contribution < -0.4 is 0 Å². The summed E-state index contributed by atoms with van der Waals surface area (Å²) in [5.74, 6) is -0.890. The smallest absolute Gasteiger partial charge is 0.313 e. The molecule has 1 atom stereocenters. The number of likely N-dealkylation sites (tertiary alicyclic amines) is 1. The lowest BCUT2D eigenvalue weighted by atomic mass is 9.88. The lowest BCUT2D eigenvalue weighted by molar-refractivity contribution is -0.150. The number of hydrogen-bond donors (Lipinski definition) is 2. The number of hydrogen-bond acceptors (Lipinski definition) is 4. The van der Waals surface area contributed by atoms with Crippen LogP contribution in [0.3, 0.4) is 0 Å². The third-order valence-corrected chi connectivity index (χ3v) is 3.01. The summed E-state index contributed by atoms with van der Waals surface area (Å²) in [6, 6.07) is 0. The highest BCUT2D eigenvalue weighted by atomic mass is 16.5. The fourth-order valence-corrected chi connectivity index (χ4v) is 1.95. The Morgan fingerprint density at radius 1 is 1.60 bits per heavy atom. The van der Waals surface area contributed by atoms with Gasteiger partial charge in [0.05, 0.1) is 6.61 Å². The van der Waals surface area contributed by atoms with Gasteiger partial charge in [-0.05, 0) is 19.4 Å². The Hall–Kier alpha value is -0.650. The molecule has 1 fully saturated rings. The zero-order chi connectivity index (χ0) is 11.3. The largest absolute Gasteiger partial charge is 0.481 e. The molecule has 1 aliphatic heterocycles. The van der Waals surface area contributed by atoms with Crippen LogP contribution in [-0.2, 0) is 9.53 Å². The molecule has 0 saturated carbocycles. The van der Waals surface area contributed by atoms with Gasteiger partial charge in [-0.1, -0.05) is 0 Å². The first-order chi connectivity index (χ1) is 7.14. The van der Waals surface area contributed by atoms with Gasteiger partial charge in [0.2, 0.25) is 0 Å². The minimum atomic E-state index is -0.937. The molecule has 2 N–H and O–H groups in total. The fourth-order valence-electron chi connectivity index (χ4n) is 1.95. The molecule has 5 heteroatoms. The van der Waals surface area contributed by atoms with Gasteiger partial charge in [0.15, 0.2) is 0 Å². The van der Waals surface area contributed by atoms with Gasteiger partial charge in [0.25, 0.3) is 0 Å². The number of nitrogens with zero attached hydrogens (tertiary/aromatic N) is 1. The van der Waals surface area contributed by atoms with Crippen molar-refractivity contribution in [3.8, 4) is 0 Å². The molecule has 15 heavy (non-hydrogen) atoms. The molecule has 88 valence electrons. The number of ether oxygens (including phenoxy) is 1. The molecule has 1 heterocycles. The number of aliphatic hydroxyl groups is 1. The normalized spacial score (nSPS) is 27.1. The highest BCUT2D eigenvalue weighted by molar-refractivity contribution is 5.75. The van der Waals surface area contributed by atoms with Crippen molar-refractivity contribution >= 4 is 5.97 Å². The number of aliphatic carboxylic acids is 1. The molecule has 0 aromatic heterocycles. The molecular weight excluding hydrogens is 198 g/mol. The maximum absolute atomic E-state index is 11.0. The van der Waals surface area contributed by atoms with Crippen LogP contribution in [0.25, 0.3) is 0 Å². The van der Waals surface area contributed by atoms with E-state index in [-0.39, 0.29) is 6.61 Å². The van der Waals surface area contributed by atoms with Gasteiger partial charge in [-0.25, -0.2) is 0 Å². The van der Waals surface area contributed by atoms with Crippen molar-refractivity contribution in [3.63, 3.8) is 0 Å². The summed E-state index contributed by atoms with van der Waals surface area (Å²) in [4.78, 5) is 13.1. The molecule has 0 spiro atoms. The van der Waals surface area contributed by atoms with Crippen LogP contribution in [0.15, 0.2) is 0 Å². The van der Waals surface area contributed by atoms with Gasteiger partial charge in [-0.15, -0.1) is 0 Å². The first kappa shape index (κ1) is 12.4. The van der Waals surface area contributed by atoms with Gasteiger partial charge < -0.3 is 19.8 Å². The second-order valence-electron chi connectivity index (χ2n) is 4.12. The molecule has 1 saturated heterocycles. The second kappa shape index (κ2) is 5.44. The predicted octanol–water partition coefficient (Wildman–Crippen LogP) is -0.208. The van der Waals surface area contributed by atoms with E-state index in [0.717, 1.165) is 19.5 Å². The van der Waals surface area contributed by atoms with Crippen LogP contribution in [0.5, 0.6) is 0 Å². The number of rotatable bonds is 6. The summed E-state index contributed by atoms with van der Waals surface area (Å²) in [6.07, 6.45) is 1.43. The Morgan fingerprint density at radius 3 is 2.80 bits per heavy atom. The van der Waals surface area contributed by atoms with Crippen molar-refractivity contribution in [2.45, 2.75) is 12.8 Å². The Balaban J connectivity index is 2.39. The average Bonchev–Trinajstić information content (AvgIpc) is 2.63. The summed E-state index contributed by atoms with van der Waals surface area (Å²) in [7, 11) is 1.65. The SMILES string of the molecule is COCCCN1CCC(CO)(C(=O)O)C1. The number of carboxylic acids is 1. The number of carbonyl (C=O) groups is 1. The van der Waals surface area contributed by atoms with E-state index in [2.05, 4.69) is 4.90 Å². The molecule has 0 amide bonds. The minimum absolute atomic E-state index is 0.275. The lowest BCUT2D eigenvalue weighted by Gasteiger charge is -2.22. The van der Waals surface area contributed by atoms with Crippen molar-refractivity contribution in [3.05, 3.63) is 0 Å². The lowest BCUT2D eigenvalue weighted by Crippen LogP contribution is -2.38. The summed E-state index contributed by atoms with van der Waals surface area (Å²) in [5.41, 5.74) is -0.937. The van der Waals surface area contributed by atoms with E-state index >= 15 is 0 Å². The van der Waals surface area contributed by atoms with Gasteiger partial charge in [-0.2, -0.15) is 0 Å². The quantitative estimate of drug-likeness (QED) is 0.603. The number of aliphatic hydroxyl groups excluding tert-OH is 1. The fraction of sp³-hybridized carbons (Fsp3) is 0.900. The van der Waals surface area contributed by atoms with Crippen molar-refractivity contribution in [2.24, 2.45) is 5.41 Å². The molecule has 1 rings (SSSR count). The van der Waals surface area contributed by atoms with Crippen molar-refractivity contribution in [1.29, 1.82) is 0 Å². The van der Waals surface area contributed by atoms with Crippen molar-refractivity contribution < 1.29 is 19.7 Å². The Kier molecular flexibility index (Phi) is 4.50. The second-order valence-corrected chi connectivity index (χ2v) is 4.12. The van der Waals surface area contributed by atoms with Crippen LogP contribution in [0, 0.1) is 5.41 Å². The van der Waals surface area contributed by atoms with Crippen molar-refractivity contribution in [1.82, 2.24) is 4.90 Å². The van der Waals surface area contributed by atoms with E-state index in [1.54, 1.807) is 7.11 Å². The third kappa shape index (κ3) is 2.90. The minimum Gasteiger partial charge on any atom is -0.481 e. The summed E-state index contributed by atoms with van der Waals surface area (Å²) in [5, 5.41) is 18.2. The highest BCUT2D eigenvalue weighted by Gasteiger charge is 2.44. The van der Waals surface area contributed by atoms with E-state index in [1.807, 2.05) is 0 Å². The zero-order valence-electron chi connectivity index (χ0n) is 9.11. The average molecular weight is 217 g/mol. The van der Waals surface area contributed by atoms with Crippen LogP contribution in [0.1, 0.15) is 12.8 Å². The van der Waals surface area contributed by atoms with E-state index in [9.17, 15) is 4.79 Å². The molecule has 5 nitrogen and oxygen atoms in total. The Labute approximate surface area is 89.6 Å². The van der Waals surface area contributed by atoms with Crippen LogP contribution in [-0.4, -0.2) is 61.0 Å². The maximum atomic E-state index is 11.0. The highest BCUT2D eigenvalue weighted by Crippen LogP contribution is 2.30. The van der Waals surface area contributed by atoms with E-state index in [0.29, 0.717) is 19.6 Å². The van der Waals surface area contributed by atoms with Gasteiger partial charge in [-0.3, -0.25) is 4.79 Å². The summed E-state index contributed by atoms with van der Waals surface area (Å²) >= 11 is 0. The molecular formula is C10H19NO4. The van der Waals surface area contributed by atoms with Crippen LogP contribution in [0.4, 0.5) is 0 Å². The first-order valence-electron chi connectivity index (χ1n) is 5.20. The van der Waals surface area contributed by atoms with E-state index in [4.69, 9.17) is 14.9 Å². The topological polar surface area (TPSA) is 70.0 Å². The van der Waals surface area contributed by atoms with Gasteiger partial charge >= 0.3 is 5.97 Å². The molecule has 0 aromatic rings. The van der Waals surface area contributed by atoms with E-state index < -0.39 is 11.4 Å². The molecule has 1 unspecified atom stereocenters. The molecule has 0 radical (unpaired) electrons. The predicted molar refractivity (Wildman–Crippen MR) is 54.7 cm³/mol. The van der Waals surface area contributed by atoms with E-state index in [1.165, 1.54) is 0 Å². The summed E-state index contributed by atoms with van der Waals surface area (Å²) in [6.45, 7) is 2.45. The zero-order valence-corrected chi connectivity index (χ0v) is 9.11. The molecule has 1 aliphatic rings. The molecule has 0 aliphatic carbocycles. The number of carboxylic acid groups (broad SMARTS) is 1. The Morgan fingerprint density at radius 2 is 2.33 bits per heavy atom. The van der Waals surface area contributed by atoms with Crippen molar-refractivity contribution in [2.75, 3.05) is 40.0 Å². The van der Waals surface area contributed by atoms with Gasteiger partial charge in [0.1, 0.15) is 5.41 Å². The van der Waals surface area contributed by atoms with Crippen LogP contribution in [0.2, 0.25) is 0 Å². The van der Waals surface area contributed by atoms with Gasteiger partial charge in [0, 0.05) is 26.8 Å². The summed E-state index contributed by atoms with van der Waals surface area (Å²) < 4.78 is 4.94.